The number of nitrogens with one attached hydrogen (secondary N) is 1. The molecule has 3 aromatic rings. The number of carbonyl (C=O) groups is 1. The van der Waals surface area contributed by atoms with Crippen LogP contribution < -0.4 is 11.1 Å². The molecular formula is C29H35N5O2. The standard InChI is InChI=1S/C29H35N5O2/c1-18-3-5-22(6-4-18)25-23(34(9-2-10-35)28-26(25)27(30)31-17-32-28)7-8-24(36)33-29-14-19-11-20(15-29)13-21(12-19)16-29/h3-8,17,19-21,35H,2,9-16H2,1H3,(H,33,36)(H2,30,31,32). The lowest BCUT2D eigenvalue weighted by Gasteiger charge is -2.56. The van der Waals surface area contributed by atoms with Crippen LogP contribution in [0.2, 0.25) is 0 Å². The van der Waals surface area contributed by atoms with Crippen LogP contribution in [-0.2, 0) is 11.3 Å². The number of hydrogen-bond donors (Lipinski definition) is 3. The average Bonchev–Trinajstić information content (AvgIpc) is 3.15. The first-order valence-electron chi connectivity index (χ1n) is 13.3. The van der Waals surface area contributed by atoms with E-state index in [4.69, 9.17) is 5.73 Å². The Morgan fingerprint density at radius 3 is 2.44 bits per heavy atom. The minimum atomic E-state index is -0.0372. The highest BCUT2D eigenvalue weighted by Gasteiger charge is 2.51. The molecule has 2 aromatic heterocycles. The molecule has 188 valence electrons. The molecule has 2 heterocycles. The van der Waals surface area contributed by atoms with Crippen molar-refractivity contribution in [2.75, 3.05) is 12.3 Å². The Kier molecular flexibility index (Phi) is 5.83. The van der Waals surface area contributed by atoms with Crippen molar-refractivity contribution in [3.8, 4) is 11.1 Å². The quantitative estimate of drug-likeness (QED) is 0.428. The first-order chi connectivity index (χ1) is 17.4. The largest absolute Gasteiger partial charge is 0.396 e. The molecule has 0 spiro atoms. The van der Waals surface area contributed by atoms with Crippen molar-refractivity contribution in [2.24, 2.45) is 17.8 Å². The lowest BCUT2D eigenvalue weighted by atomic mass is 9.53. The smallest absolute Gasteiger partial charge is 0.244 e. The van der Waals surface area contributed by atoms with E-state index in [0.29, 0.717) is 24.4 Å². The molecular weight excluding hydrogens is 450 g/mol. The molecule has 0 saturated heterocycles. The number of aromatic nitrogens is 3. The van der Waals surface area contributed by atoms with E-state index in [1.807, 2.05) is 10.6 Å². The summed E-state index contributed by atoms with van der Waals surface area (Å²) in [7, 11) is 0. The second-order valence-electron chi connectivity index (χ2n) is 11.3. The van der Waals surface area contributed by atoms with E-state index in [9.17, 15) is 9.90 Å². The van der Waals surface area contributed by atoms with Gasteiger partial charge in [0.15, 0.2) is 0 Å². The number of aliphatic hydroxyl groups is 1. The van der Waals surface area contributed by atoms with Gasteiger partial charge < -0.3 is 20.7 Å². The molecule has 0 radical (unpaired) electrons. The first kappa shape index (κ1) is 23.2. The summed E-state index contributed by atoms with van der Waals surface area (Å²) in [6, 6.07) is 8.28. The fourth-order valence-corrected chi connectivity index (χ4v) is 7.57. The van der Waals surface area contributed by atoms with Gasteiger partial charge >= 0.3 is 0 Å². The number of carbonyl (C=O) groups excluding carboxylic acids is 1. The molecule has 4 fully saturated rings. The minimum absolute atomic E-state index is 0.0323. The third-order valence-electron chi connectivity index (χ3n) is 8.61. The molecule has 4 bridgehead atoms. The first-order valence-corrected chi connectivity index (χ1v) is 13.3. The summed E-state index contributed by atoms with van der Waals surface area (Å²) in [5.74, 6) is 2.69. The average molecular weight is 486 g/mol. The van der Waals surface area contributed by atoms with Crippen molar-refractivity contribution in [2.45, 2.75) is 64.0 Å². The number of amides is 1. The number of aryl methyl sites for hydroxylation is 2. The number of nitrogens with two attached hydrogens (primary N) is 1. The Labute approximate surface area is 211 Å². The van der Waals surface area contributed by atoms with E-state index in [2.05, 4.69) is 46.5 Å². The van der Waals surface area contributed by atoms with Gasteiger partial charge in [-0.25, -0.2) is 9.97 Å². The zero-order valence-electron chi connectivity index (χ0n) is 20.9. The van der Waals surface area contributed by atoms with Crippen molar-refractivity contribution in [3.05, 3.63) is 47.9 Å². The van der Waals surface area contributed by atoms with E-state index in [1.165, 1.54) is 31.2 Å². The van der Waals surface area contributed by atoms with E-state index >= 15 is 0 Å². The predicted molar refractivity (Wildman–Crippen MR) is 142 cm³/mol. The van der Waals surface area contributed by atoms with Gasteiger partial charge in [-0.05, 0) is 81.3 Å². The SMILES string of the molecule is Cc1ccc(-c2c(C=CC(=O)NC34CC5CC(CC(C5)C3)C4)n(CCCO)c3ncnc(N)c23)cc1. The van der Waals surface area contributed by atoms with Crippen molar-refractivity contribution in [3.63, 3.8) is 0 Å². The van der Waals surface area contributed by atoms with Gasteiger partial charge in [-0.1, -0.05) is 29.8 Å². The summed E-state index contributed by atoms with van der Waals surface area (Å²) in [5, 5.41) is 13.8. The van der Waals surface area contributed by atoms with E-state index in [-0.39, 0.29) is 18.1 Å². The molecule has 0 aliphatic heterocycles. The zero-order valence-corrected chi connectivity index (χ0v) is 20.9. The fraction of sp³-hybridized carbons (Fsp3) is 0.483. The summed E-state index contributed by atoms with van der Waals surface area (Å²) >= 11 is 0. The lowest BCUT2D eigenvalue weighted by molar-refractivity contribution is -0.122. The number of aliphatic hydroxyl groups excluding tert-OH is 1. The number of rotatable bonds is 7. The Morgan fingerprint density at radius 1 is 1.14 bits per heavy atom. The van der Waals surface area contributed by atoms with Crippen LogP contribution in [0, 0.1) is 24.7 Å². The summed E-state index contributed by atoms with van der Waals surface area (Å²) in [4.78, 5) is 22.1. The number of fused-ring (bicyclic) bond motifs is 1. The van der Waals surface area contributed by atoms with Gasteiger partial charge in [-0.3, -0.25) is 4.79 Å². The highest BCUT2D eigenvalue weighted by Crippen LogP contribution is 2.55. The molecule has 4 N–H and O–H groups in total. The maximum absolute atomic E-state index is 13.3. The van der Waals surface area contributed by atoms with Crippen LogP contribution in [0.3, 0.4) is 0 Å². The van der Waals surface area contributed by atoms with Gasteiger partial charge in [0.25, 0.3) is 0 Å². The van der Waals surface area contributed by atoms with Gasteiger partial charge in [0.2, 0.25) is 5.91 Å². The van der Waals surface area contributed by atoms with Crippen LogP contribution in [0.25, 0.3) is 28.2 Å². The highest BCUT2D eigenvalue weighted by atomic mass is 16.3. The third kappa shape index (κ3) is 4.09. The Hall–Kier alpha value is -3.19. The summed E-state index contributed by atoms with van der Waals surface area (Å²) in [6.07, 6.45) is 13.0. The molecule has 1 amide bonds. The number of benzene rings is 1. The van der Waals surface area contributed by atoms with Gasteiger partial charge in [-0.2, -0.15) is 0 Å². The molecule has 7 heteroatoms. The summed E-state index contributed by atoms with van der Waals surface area (Å²) in [6.45, 7) is 2.68. The number of anilines is 1. The van der Waals surface area contributed by atoms with Crippen LogP contribution in [0.4, 0.5) is 5.82 Å². The van der Waals surface area contributed by atoms with Gasteiger partial charge in [0.05, 0.1) is 11.1 Å². The normalized spacial score (nSPS) is 26.8. The van der Waals surface area contributed by atoms with Crippen LogP contribution in [0.1, 0.15) is 56.2 Å². The van der Waals surface area contributed by atoms with Crippen LogP contribution in [0.15, 0.2) is 36.7 Å². The topological polar surface area (TPSA) is 106 Å². The maximum Gasteiger partial charge on any atom is 0.244 e. The summed E-state index contributed by atoms with van der Waals surface area (Å²) < 4.78 is 2.05. The molecule has 4 saturated carbocycles. The van der Waals surface area contributed by atoms with E-state index < -0.39 is 0 Å². The number of nitrogens with zero attached hydrogens (tertiary/aromatic N) is 3. The Morgan fingerprint density at radius 2 is 1.81 bits per heavy atom. The molecule has 7 rings (SSSR count). The molecule has 1 aromatic carbocycles. The number of hydrogen-bond acceptors (Lipinski definition) is 5. The Bertz CT molecular complexity index is 1290. The zero-order chi connectivity index (χ0) is 24.9. The van der Waals surface area contributed by atoms with Crippen molar-refractivity contribution in [1.29, 1.82) is 0 Å². The van der Waals surface area contributed by atoms with Crippen LogP contribution in [0.5, 0.6) is 0 Å². The van der Waals surface area contributed by atoms with Crippen molar-refractivity contribution >= 4 is 28.8 Å². The highest BCUT2D eigenvalue weighted by molar-refractivity contribution is 6.05. The summed E-state index contributed by atoms with van der Waals surface area (Å²) in [5.41, 5.74) is 11.0. The van der Waals surface area contributed by atoms with Gasteiger partial charge in [0, 0.05) is 30.3 Å². The molecule has 4 aliphatic carbocycles. The molecule has 0 unspecified atom stereocenters. The van der Waals surface area contributed by atoms with E-state index in [0.717, 1.165) is 59.2 Å². The number of nitrogen functional groups attached to an aromatic ring is 1. The fourth-order valence-electron chi connectivity index (χ4n) is 7.57. The Balaban J connectivity index is 1.39. The maximum atomic E-state index is 13.3. The van der Waals surface area contributed by atoms with Crippen LogP contribution >= 0.6 is 0 Å². The van der Waals surface area contributed by atoms with Gasteiger partial charge in [-0.15, -0.1) is 0 Å². The molecule has 0 atom stereocenters. The van der Waals surface area contributed by atoms with Gasteiger partial charge in [0.1, 0.15) is 17.8 Å². The molecule has 36 heavy (non-hydrogen) atoms. The monoisotopic (exact) mass is 485 g/mol. The van der Waals surface area contributed by atoms with Crippen molar-refractivity contribution in [1.82, 2.24) is 19.9 Å². The second kappa shape index (κ2) is 9.04. The minimum Gasteiger partial charge on any atom is -0.396 e. The van der Waals surface area contributed by atoms with Crippen molar-refractivity contribution < 1.29 is 9.90 Å². The second-order valence-corrected chi connectivity index (χ2v) is 11.3. The molecule has 7 nitrogen and oxygen atoms in total. The van der Waals surface area contributed by atoms with E-state index in [1.54, 1.807) is 6.08 Å². The lowest BCUT2D eigenvalue weighted by Crippen LogP contribution is -2.59. The predicted octanol–water partition coefficient (Wildman–Crippen LogP) is 4.47. The van der Waals surface area contributed by atoms with Crippen LogP contribution in [-0.4, -0.2) is 37.7 Å². The third-order valence-corrected chi connectivity index (χ3v) is 8.61. The molecule has 4 aliphatic rings.